The molecule has 1 aromatic rings. The lowest BCUT2D eigenvalue weighted by atomic mass is 10.0. The van der Waals surface area contributed by atoms with E-state index in [0.29, 0.717) is 43.3 Å². The van der Waals surface area contributed by atoms with Crippen molar-refractivity contribution in [2.24, 2.45) is 0 Å². The number of benzene rings is 1. The lowest BCUT2D eigenvalue weighted by molar-refractivity contribution is -0.133. The first-order chi connectivity index (χ1) is 11.0. The fraction of sp³-hybridized carbons (Fsp3) is 0.562. The van der Waals surface area contributed by atoms with Crippen molar-refractivity contribution in [3.63, 3.8) is 0 Å². The summed E-state index contributed by atoms with van der Waals surface area (Å²) >= 11 is 0. The molecule has 0 spiro atoms. The van der Waals surface area contributed by atoms with E-state index in [1.165, 1.54) is 0 Å². The first kappa shape index (κ1) is 15.9. The maximum Gasteiger partial charge on any atom is 0.260 e. The monoisotopic (exact) mass is 322 g/mol. The summed E-state index contributed by atoms with van der Waals surface area (Å²) in [7, 11) is 3.82. The summed E-state index contributed by atoms with van der Waals surface area (Å²) in [6, 6.07) is 5.21. The molecule has 126 valence electrons. The zero-order valence-corrected chi connectivity index (χ0v) is 13.4. The normalized spacial score (nSPS) is 22.7. The Labute approximate surface area is 135 Å². The van der Waals surface area contributed by atoms with Gasteiger partial charge in [0.2, 0.25) is 6.79 Å². The molecule has 3 rings (SSSR count). The fourth-order valence-corrected chi connectivity index (χ4v) is 2.99. The molecule has 0 aliphatic carbocycles. The van der Waals surface area contributed by atoms with Gasteiger partial charge in [-0.1, -0.05) is 0 Å². The number of ether oxygens (including phenoxy) is 3. The minimum absolute atomic E-state index is 0.0578. The Kier molecular flexibility index (Phi) is 4.32. The molecule has 1 N–H and O–H groups in total. The molecular weight excluding hydrogens is 300 g/mol. The average Bonchev–Trinajstić information content (AvgIpc) is 3.10. The van der Waals surface area contributed by atoms with Crippen LogP contribution in [0.25, 0.3) is 0 Å². The maximum absolute atomic E-state index is 12.2. The van der Waals surface area contributed by atoms with Crippen LogP contribution in [0, 0.1) is 0 Å². The fourth-order valence-electron chi connectivity index (χ4n) is 2.99. The Morgan fingerprint density at radius 3 is 2.96 bits per heavy atom. The van der Waals surface area contributed by atoms with Crippen molar-refractivity contribution in [3.8, 4) is 17.2 Å². The topological polar surface area (TPSA) is 71.5 Å². The van der Waals surface area contributed by atoms with Gasteiger partial charge in [-0.05, 0) is 32.6 Å². The van der Waals surface area contributed by atoms with Crippen LogP contribution < -0.4 is 14.2 Å². The number of β-amino-alcohol motifs (C(OH)–C–C–N with tert-alkyl or cyclic N) is 1. The average molecular weight is 322 g/mol. The lowest BCUT2D eigenvalue weighted by Crippen LogP contribution is -2.44. The van der Waals surface area contributed by atoms with Crippen LogP contribution in [0.15, 0.2) is 18.2 Å². The number of hydrogen-bond donors (Lipinski definition) is 1. The van der Waals surface area contributed by atoms with E-state index in [0.717, 1.165) is 0 Å². The molecule has 0 saturated carbocycles. The summed E-state index contributed by atoms with van der Waals surface area (Å²) in [6.45, 7) is 1.58. The van der Waals surface area contributed by atoms with Crippen molar-refractivity contribution in [1.82, 2.24) is 9.80 Å². The van der Waals surface area contributed by atoms with E-state index in [1.807, 2.05) is 19.0 Å². The first-order valence-electron chi connectivity index (χ1n) is 7.63. The second-order valence-electron chi connectivity index (χ2n) is 6.33. The van der Waals surface area contributed by atoms with Gasteiger partial charge in [-0.3, -0.25) is 4.79 Å². The molecule has 2 aliphatic heterocycles. The van der Waals surface area contributed by atoms with Gasteiger partial charge in [0.05, 0.1) is 12.1 Å². The first-order valence-corrected chi connectivity index (χ1v) is 7.63. The zero-order valence-electron chi connectivity index (χ0n) is 13.4. The van der Waals surface area contributed by atoms with Crippen LogP contribution >= 0.6 is 0 Å². The highest BCUT2D eigenvalue weighted by molar-refractivity contribution is 5.78. The number of carbonyl (C=O) groups excluding carboxylic acids is 1. The molecule has 1 amide bonds. The van der Waals surface area contributed by atoms with Crippen LogP contribution in [0.4, 0.5) is 0 Å². The van der Waals surface area contributed by atoms with Gasteiger partial charge in [-0.2, -0.15) is 0 Å². The van der Waals surface area contributed by atoms with Gasteiger partial charge in [0, 0.05) is 19.2 Å². The Hall–Kier alpha value is -1.99. The number of fused-ring (bicyclic) bond motifs is 1. The third-order valence-electron chi connectivity index (χ3n) is 4.00. The van der Waals surface area contributed by atoms with Crippen molar-refractivity contribution in [1.29, 1.82) is 0 Å². The predicted octanol–water partition coefficient (Wildman–Crippen LogP) is 0.319. The van der Waals surface area contributed by atoms with Crippen molar-refractivity contribution in [2.75, 3.05) is 47.1 Å². The van der Waals surface area contributed by atoms with Crippen LogP contribution in [0.5, 0.6) is 17.2 Å². The van der Waals surface area contributed by atoms with Crippen LogP contribution in [0.1, 0.15) is 6.42 Å². The highest BCUT2D eigenvalue weighted by atomic mass is 16.7. The molecule has 23 heavy (non-hydrogen) atoms. The molecule has 0 radical (unpaired) electrons. The molecular formula is C16H22N2O5. The second-order valence-corrected chi connectivity index (χ2v) is 6.33. The Morgan fingerprint density at radius 1 is 1.39 bits per heavy atom. The summed E-state index contributed by atoms with van der Waals surface area (Å²) in [5.74, 6) is 1.73. The zero-order chi connectivity index (χ0) is 16.4. The molecule has 0 aromatic heterocycles. The number of rotatable bonds is 5. The minimum Gasteiger partial charge on any atom is -0.484 e. The largest absolute Gasteiger partial charge is 0.484 e. The number of hydrogen-bond acceptors (Lipinski definition) is 6. The van der Waals surface area contributed by atoms with Crippen molar-refractivity contribution >= 4 is 5.91 Å². The Morgan fingerprint density at radius 2 is 2.17 bits per heavy atom. The number of likely N-dealkylation sites (tertiary alicyclic amines) is 1. The van der Waals surface area contributed by atoms with Crippen molar-refractivity contribution in [2.45, 2.75) is 12.0 Å². The van der Waals surface area contributed by atoms with E-state index in [9.17, 15) is 9.90 Å². The summed E-state index contributed by atoms with van der Waals surface area (Å²) in [5.41, 5.74) is -0.835. The molecule has 1 saturated heterocycles. The SMILES string of the molecule is CN(C)C[C@@]1(O)CCN(C(=O)COc2ccc3c(c2)OCO3)C1. The standard InChI is InChI=1S/C16H22N2O5/c1-17(2)9-16(20)5-6-18(10-16)15(19)8-21-12-3-4-13-14(7-12)23-11-22-13/h3-4,7,20H,5-6,8-11H2,1-2H3/t16-/m0/s1. The maximum atomic E-state index is 12.2. The minimum atomic E-state index is -0.835. The van der Waals surface area contributed by atoms with E-state index in [-0.39, 0.29) is 19.3 Å². The van der Waals surface area contributed by atoms with Crippen LogP contribution in [0.3, 0.4) is 0 Å². The molecule has 2 heterocycles. The van der Waals surface area contributed by atoms with Crippen LogP contribution in [0.2, 0.25) is 0 Å². The van der Waals surface area contributed by atoms with E-state index in [4.69, 9.17) is 14.2 Å². The summed E-state index contributed by atoms with van der Waals surface area (Å²) in [5, 5.41) is 10.5. The number of aliphatic hydroxyl groups is 1. The third kappa shape index (κ3) is 3.68. The quantitative estimate of drug-likeness (QED) is 0.842. The smallest absolute Gasteiger partial charge is 0.260 e. The second kappa shape index (κ2) is 6.25. The summed E-state index contributed by atoms with van der Waals surface area (Å²) in [4.78, 5) is 15.8. The molecule has 7 nitrogen and oxygen atoms in total. The molecule has 1 atom stereocenters. The van der Waals surface area contributed by atoms with E-state index in [1.54, 1.807) is 23.1 Å². The number of nitrogens with zero attached hydrogens (tertiary/aromatic N) is 2. The Balaban J connectivity index is 1.52. The van der Waals surface area contributed by atoms with Gasteiger partial charge in [-0.25, -0.2) is 0 Å². The molecule has 0 unspecified atom stereocenters. The van der Waals surface area contributed by atoms with E-state index in [2.05, 4.69) is 0 Å². The molecule has 7 heteroatoms. The molecule has 0 bridgehead atoms. The third-order valence-corrected chi connectivity index (χ3v) is 4.00. The Bertz CT molecular complexity index is 592. The van der Waals surface area contributed by atoms with Gasteiger partial charge in [-0.15, -0.1) is 0 Å². The van der Waals surface area contributed by atoms with Gasteiger partial charge >= 0.3 is 0 Å². The molecule has 1 aromatic carbocycles. The molecule has 2 aliphatic rings. The van der Waals surface area contributed by atoms with Gasteiger partial charge in [0.15, 0.2) is 18.1 Å². The van der Waals surface area contributed by atoms with E-state index < -0.39 is 5.60 Å². The number of amides is 1. The summed E-state index contributed by atoms with van der Waals surface area (Å²) in [6.07, 6.45) is 0.584. The van der Waals surface area contributed by atoms with Crippen LogP contribution in [-0.2, 0) is 4.79 Å². The predicted molar refractivity (Wildman–Crippen MR) is 82.8 cm³/mol. The summed E-state index contributed by atoms with van der Waals surface area (Å²) < 4.78 is 16.0. The van der Waals surface area contributed by atoms with Crippen LogP contribution in [-0.4, -0.2) is 73.5 Å². The van der Waals surface area contributed by atoms with Gasteiger partial charge < -0.3 is 29.1 Å². The highest BCUT2D eigenvalue weighted by Crippen LogP contribution is 2.35. The van der Waals surface area contributed by atoms with E-state index >= 15 is 0 Å². The van der Waals surface area contributed by atoms with Crippen molar-refractivity contribution < 1.29 is 24.1 Å². The molecule has 1 fully saturated rings. The van der Waals surface area contributed by atoms with Gasteiger partial charge in [0.1, 0.15) is 5.75 Å². The lowest BCUT2D eigenvalue weighted by Gasteiger charge is -2.26. The highest BCUT2D eigenvalue weighted by Gasteiger charge is 2.38. The van der Waals surface area contributed by atoms with Gasteiger partial charge in [0.25, 0.3) is 5.91 Å². The number of likely N-dealkylation sites (N-methyl/N-ethyl adjacent to an activating group) is 1. The van der Waals surface area contributed by atoms with Crippen molar-refractivity contribution in [3.05, 3.63) is 18.2 Å². The number of carbonyl (C=O) groups is 1.